The van der Waals surface area contributed by atoms with Gasteiger partial charge in [-0.15, -0.1) is 6.58 Å². The predicted molar refractivity (Wildman–Crippen MR) is 42.0 cm³/mol. The van der Waals surface area contributed by atoms with Crippen LogP contribution in [0, 0.1) is 5.92 Å². The van der Waals surface area contributed by atoms with Crippen LogP contribution in [0.1, 0.15) is 13.3 Å². The molecule has 0 aromatic heterocycles. The molecule has 11 heavy (non-hydrogen) atoms. The van der Waals surface area contributed by atoms with Gasteiger partial charge in [0.05, 0.1) is 19.1 Å². The number of allylic oxidation sites excluding steroid dienone is 1. The third kappa shape index (κ3) is 3.18. The molecule has 0 radical (unpaired) electrons. The highest BCUT2D eigenvalue weighted by atomic mass is 16.5. The second-order valence-electron chi connectivity index (χ2n) is 2.39. The number of aliphatic hydroxyl groups excluding tert-OH is 1. The Kier molecular flexibility index (Phi) is 4.54. The van der Waals surface area contributed by atoms with E-state index in [2.05, 4.69) is 11.3 Å². The molecule has 64 valence electrons. The first-order chi connectivity index (χ1) is 5.13. The summed E-state index contributed by atoms with van der Waals surface area (Å²) in [6.07, 6.45) is 1.36. The molecule has 3 nitrogen and oxygen atoms in total. The number of rotatable bonds is 4. The SMILES string of the molecule is C=CCC(C(=O)OC)C(C)O. The van der Waals surface area contributed by atoms with E-state index in [4.69, 9.17) is 5.11 Å². The van der Waals surface area contributed by atoms with Gasteiger partial charge in [0.2, 0.25) is 0 Å². The molecule has 0 rings (SSSR count). The van der Waals surface area contributed by atoms with E-state index >= 15 is 0 Å². The van der Waals surface area contributed by atoms with Crippen LogP contribution in [0.15, 0.2) is 12.7 Å². The van der Waals surface area contributed by atoms with Gasteiger partial charge in [0.25, 0.3) is 0 Å². The smallest absolute Gasteiger partial charge is 0.311 e. The van der Waals surface area contributed by atoms with Gasteiger partial charge in [0, 0.05) is 0 Å². The van der Waals surface area contributed by atoms with Crippen molar-refractivity contribution in [1.82, 2.24) is 0 Å². The molecule has 0 aromatic carbocycles. The molecular formula is C8H14O3. The first kappa shape index (κ1) is 10.2. The zero-order chi connectivity index (χ0) is 8.85. The molecule has 1 N–H and O–H groups in total. The first-order valence-corrected chi connectivity index (χ1v) is 3.50. The Bertz CT molecular complexity index is 140. The summed E-state index contributed by atoms with van der Waals surface area (Å²) >= 11 is 0. The predicted octanol–water partition coefficient (Wildman–Crippen LogP) is 0.732. The monoisotopic (exact) mass is 158 g/mol. The van der Waals surface area contributed by atoms with Crippen molar-refractivity contribution in [2.75, 3.05) is 7.11 Å². The standard InChI is InChI=1S/C8H14O3/c1-4-5-7(6(2)9)8(10)11-3/h4,6-7,9H,1,5H2,2-3H3. The Morgan fingerprint density at radius 1 is 1.82 bits per heavy atom. The zero-order valence-corrected chi connectivity index (χ0v) is 6.91. The Balaban J connectivity index is 4.08. The molecule has 2 unspecified atom stereocenters. The number of carbonyl (C=O) groups is 1. The largest absolute Gasteiger partial charge is 0.469 e. The molecule has 0 saturated carbocycles. The van der Waals surface area contributed by atoms with Crippen molar-refractivity contribution >= 4 is 5.97 Å². The van der Waals surface area contributed by atoms with Gasteiger partial charge in [0.1, 0.15) is 0 Å². The number of esters is 1. The summed E-state index contributed by atoms with van der Waals surface area (Å²) in [6.45, 7) is 5.04. The molecule has 3 heteroatoms. The van der Waals surface area contributed by atoms with E-state index in [0.717, 1.165) is 0 Å². The van der Waals surface area contributed by atoms with E-state index in [9.17, 15) is 4.79 Å². The molecule has 0 aliphatic rings. The van der Waals surface area contributed by atoms with Gasteiger partial charge in [-0.25, -0.2) is 0 Å². The normalized spacial score (nSPS) is 15.2. The lowest BCUT2D eigenvalue weighted by molar-refractivity contribution is -0.148. The Labute approximate surface area is 66.7 Å². The van der Waals surface area contributed by atoms with Gasteiger partial charge in [-0.3, -0.25) is 4.79 Å². The maximum Gasteiger partial charge on any atom is 0.311 e. The fourth-order valence-electron chi connectivity index (χ4n) is 0.821. The van der Waals surface area contributed by atoms with Crippen LogP contribution in [-0.4, -0.2) is 24.3 Å². The molecule has 0 saturated heterocycles. The molecule has 0 spiro atoms. The van der Waals surface area contributed by atoms with Crippen molar-refractivity contribution in [2.45, 2.75) is 19.4 Å². The van der Waals surface area contributed by atoms with Crippen molar-refractivity contribution < 1.29 is 14.6 Å². The van der Waals surface area contributed by atoms with Crippen molar-refractivity contribution in [3.05, 3.63) is 12.7 Å². The Hall–Kier alpha value is -0.830. The fraction of sp³-hybridized carbons (Fsp3) is 0.625. The van der Waals surface area contributed by atoms with Crippen LogP contribution in [-0.2, 0) is 9.53 Å². The quantitative estimate of drug-likeness (QED) is 0.484. The fourth-order valence-corrected chi connectivity index (χ4v) is 0.821. The topological polar surface area (TPSA) is 46.5 Å². The van der Waals surface area contributed by atoms with Gasteiger partial charge in [-0.05, 0) is 13.3 Å². The highest BCUT2D eigenvalue weighted by Gasteiger charge is 2.22. The molecule has 0 aliphatic carbocycles. The van der Waals surface area contributed by atoms with Gasteiger partial charge in [0.15, 0.2) is 0 Å². The Morgan fingerprint density at radius 2 is 2.36 bits per heavy atom. The average Bonchev–Trinajstić information content (AvgIpc) is 1.98. The van der Waals surface area contributed by atoms with Crippen molar-refractivity contribution in [2.24, 2.45) is 5.92 Å². The summed E-state index contributed by atoms with van der Waals surface area (Å²) in [5.74, 6) is -0.864. The average molecular weight is 158 g/mol. The van der Waals surface area contributed by atoms with Crippen LogP contribution in [0.5, 0.6) is 0 Å². The minimum absolute atomic E-state index is 0.389. The maximum atomic E-state index is 10.9. The highest BCUT2D eigenvalue weighted by molar-refractivity contribution is 5.73. The van der Waals surface area contributed by atoms with Gasteiger partial charge < -0.3 is 9.84 Å². The van der Waals surface area contributed by atoms with Crippen molar-refractivity contribution in [1.29, 1.82) is 0 Å². The van der Waals surface area contributed by atoms with E-state index in [1.807, 2.05) is 0 Å². The third-order valence-electron chi connectivity index (χ3n) is 1.51. The van der Waals surface area contributed by atoms with Crippen molar-refractivity contribution in [3.63, 3.8) is 0 Å². The lowest BCUT2D eigenvalue weighted by Crippen LogP contribution is -2.26. The molecule has 0 aliphatic heterocycles. The van der Waals surface area contributed by atoms with Crippen LogP contribution >= 0.6 is 0 Å². The molecule has 0 aromatic rings. The zero-order valence-electron chi connectivity index (χ0n) is 6.91. The van der Waals surface area contributed by atoms with Gasteiger partial charge in [-0.2, -0.15) is 0 Å². The molecule has 0 amide bonds. The van der Waals surface area contributed by atoms with Crippen LogP contribution < -0.4 is 0 Å². The van der Waals surface area contributed by atoms with E-state index in [1.165, 1.54) is 7.11 Å². The number of carbonyl (C=O) groups excluding carboxylic acids is 1. The maximum absolute atomic E-state index is 10.9. The lowest BCUT2D eigenvalue weighted by Gasteiger charge is -2.14. The second-order valence-corrected chi connectivity index (χ2v) is 2.39. The number of methoxy groups -OCH3 is 1. The highest BCUT2D eigenvalue weighted by Crippen LogP contribution is 2.10. The first-order valence-electron chi connectivity index (χ1n) is 3.50. The van der Waals surface area contributed by atoms with Gasteiger partial charge in [-0.1, -0.05) is 6.08 Å². The Morgan fingerprint density at radius 3 is 2.64 bits per heavy atom. The number of ether oxygens (including phenoxy) is 1. The van der Waals surface area contributed by atoms with E-state index in [-0.39, 0.29) is 5.97 Å². The molecule has 0 bridgehead atoms. The minimum Gasteiger partial charge on any atom is -0.469 e. The number of hydrogen-bond donors (Lipinski definition) is 1. The molecule has 0 fully saturated rings. The minimum atomic E-state index is -0.680. The summed E-state index contributed by atoms with van der Waals surface area (Å²) in [5.41, 5.74) is 0. The van der Waals surface area contributed by atoms with E-state index < -0.39 is 12.0 Å². The van der Waals surface area contributed by atoms with Crippen LogP contribution in [0.2, 0.25) is 0 Å². The second kappa shape index (κ2) is 4.91. The van der Waals surface area contributed by atoms with Crippen LogP contribution in [0.25, 0.3) is 0 Å². The van der Waals surface area contributed by atoms with Crippen molar-refractivity contribution in [3.8, 4) is 0 Å². The van der Waals surface area contributed by atoms with Crippen LogP contribution in [0.3, 0.4) is 0 Å². The number of hydrogen-bond acceptors (Lipinski definition) is 3. The molecule has 0 heterocycles. The summed E-state index contributed by atoms with van der Waals surface area (Å²) in [7, 11) is 1.31. The van der Waals surface area contributed by atoms with E-state index in [1.54, 1.807) is 13.0 Å². The summed E-state index contributed by atoms with van der Waals surface area (Å²) in [4.78, 5) is 10.9. The van der Waals surface area contributed by atoms with E-state index in [0.29, 0.717) is 6.42 Å². The molecular weight excluding hydrogens is 144 g/mol. The number of aliphatic hydroxyl groups is 1. The van der Waals surface area contributed by atoms with Gasteiger partial charge >= 0.3 is 5.97 Å². The summed E-state index contributed by atoms with van der Waals surface area (Å²) in [5, 5.41) is 9.10. The van der Waals surface area contributed by atoms with Crippen LogP contribution in [0.4, 0.5) is 0 Å². The lowest BCUT2D eigenvalue weighted by atomic mass is 10.0. The summed E-state index contributed by atoms with van der Waals surface area (Å²) < 4.78 is 4.48. The molecule has 2 atom stereocenters. The third-order valence-corrected chi connectivity index (χ3v) is 1.51. The summed E-state index contributed by atoms with van der Waals surface area (Å²) in [6, 6.07) is 0.